The highest BCUT2D eigenvalue weighted by atomic mass is 16.5. The highest BCUT2D eigenvalue weighted by Crippen LogP contribution is 2.28. The minimum Gasteiger partial charge on any atom is -0.490 e. The molecule has 0 heterocycles. The first-order chi connectivity index (χ1) is 10.1. The molecule has 0 saturated heterocycles. The van der Waals surface area contributed by atoms with Gasteiger partial charge in [-0.25, -0.2) is 0 Å². The van der Waals surface area contributed by atoms with E-state index in [1.54, 1.807) is 18.2 Å². The van der Waals surface area contributed by atoms with Crippen molar-refractivity contribution >= 4 is 5.91 Å². The van der Waals surface area contributed by atoms with E-state index in [1.807, 2.05) is 20.8 Å². The zero-order valence-electron chi connectivity index (χ0n) is 13.1. The van der Waals surface area contributed by atoms with Gasteiger partial charge in [0.25, 0.3) is 5.91 Å². The molecule has 0 radical (unpaired) electrons. The molecule has 0 aromatic heterocycles. The first kappa shape index (κ1) is 17.3. The van der Waals surface area contributed by atoms with E-state index in [1.165, 1.54) is 0 Å². The summed E-state index contributed by atoms with van der Waals surface area (Å²) in [5, 5.41) is 2.87. The predicted molar refractivity (Wildman–Crippen MR) is 84.0 cm³/mol. The molecular weight excluding hydrogens is 268 g/mol. The third-order valence-corrected chi connectivity index (χ3v) is 3.13. The molecule has 1 aromatic rings. The van der Waals surface area contributed by atoms with Crippen molar-refractivity contribution in [1.82, 2.24) is 5.32 Å². The molecular formula is C16H26N2O3. The van der Waals surface area contributed by atoms with Crippen molar-refractivity contribution in [3.63, 3.8) is 0 Å². The van der Waals surface area contributed by atoms with Gasteiger partial charge in [0.05, 0.1) is 13.2 Å². The van der Waals surface area contributed by atoms with Crippen LogP contribution in [0.25, 0.3) is 0 Å². The van der Waals surface area contributed by atoms with Gasteiger partial charge in [0, 0.05) is 18.2 Å². The van der Waals surface area contributed by atoms with Gasteiger partial charge in [-0.05, 0) is 44.9 Å². The van der Waals surface area contributed by atoms with Crippen LogP contribution in [-0.4, -0.2) is 31.7 Å². The van der Waals surface area contributed by atoms with Gasteiger partial charge in [-0.2, -0.15) is 0 Å². The smallest absolute Gasteiger partial charge is 0.251 e. The molecule has 1 aromatic carbocycles. The van der Waals surface area contributed by atoms with Crippen molar-refractivity contribution in [2.45, 2.75) is 39.7 Å². The summed E-state index contributed by atoms with van der Waals surface area (Å²) < 4.78 is 11.0. The normalized spacial score (nSPS) is 11.8. The van der Waals surface area contributed by atoms with Crippen molar-refractivity contribution in [2.24, 2.45) is 5.73 Å². The fourth-order valence-electron chi connectivity index (χ4n) is 1.87. The number of carbonyl (C=O) groups is 1. The molecule has 0 spiro atoms. The molecule has 1 atom stereocenters. The monoisotopic (exact) mass is 294 g/mol. The lowest BCUT2D eigenvalue weighted by molar-refractivity contribution is 0.0952. The molecule has 0 fully saturated rings. The summed E-state index contributed by atoms with van der Waals surface area (Å²) in [5.74, 6) is 1.13. The van der Waals surface area contributed by atoms with E-state index in [0.717, 1.165) is 12.8 Å². The number of hydrogen-bond donors (Lipinski definition) is 2. The van der Waals surface area contributed by atoms with Gasteiger partial charge in [-0.15, -0.1) is 0 Å². The zero-order chi connectivity index (χ0) is 15.7. The maximum atomic E-state index is 12.1. The van der Waals surface area contributed by atoms with E-state index in [9.17, 15) is 4.79 Å². The minimum absolute atomic E-state index is 0.123. The van der Waals surface area contributed by atoms with Crippen LogP contribution >= 0.6 is 0 Å². The number of nitrogens with one attached hydrogen (secondary N) is 1. The van der Waals surface area contributed by atoms with Crippen LogP contribution in [0.15, 0.2) is 18.2 Å². The van der Waals surface area contributed by atoms with Crippen molar-refractivity contribution in [3.8, 4) is 11.5 Å². The van der Waals surface area contributed by atoms with Gasteiger partial charge in [-0.3, -0.25) is 4.79 Å². The van der Waals surface area contributed by atoms with Gasteiger partial charge in [-0.1, -0.05) is 6.92 Å². The largest absolute Gasteiger partial charge is 0.490 e. The number of ether oxygens (including phenoxy) is 2. The zero-order valence-corrected chi connectivity index (χ0v) is 13.1. The second kappa shape index (κ2) is 9.23. The van der Waals surface area contributed by atoms with E-state index in [2.05, 4.69) is 5.32 Å². The van der Waals surface area contributed by atoms with E-state index in [-0.39, 0.29) is 11.9 Å². The van der Waals surface area contributed by atoms with Gasteiger partial charge >= 0.3 is 0 Å². The Bertz CT molecular complexity index is 449. The highest BCUT2D eigenvalue weighted by Gasteiger charge is 2.11. The lowest BCUT2D eigenvalue weighted by Crippen LogP contribution is -2.30. The second-order valence-corrected chi connectivity index (χ2v) is 4.74. The maximum absolute atomic E-state index is 12.1. The molecule has 0 aliphatic rings. The summed E-state index contributed by atoms with van der Waals surface area (Å²) in [6.45, 7) is 7.50. The van der Waals surface area contributed by atoms with E-state index in [0.29, 0.717) is 36.8 Å². The Morgan fingerprint density at radius 2 is 1.86 bits per heavy atom. The van der Waals surface area contributed by atoms with E-state index >= 15 is 0 Å². The van der Waals surface area contributed by atoms with Gasteiger partial charge in [0.1, 0.15) is 0 Å². The van der Waals surface area contributed by atoms with E-state index < -0.39 is 0 Å². The fraction of sp³-hybridized carbons (Fsp3) is 0.562. The molecule has 118 valence electrons. The number of rotatable bonds is 9. The molecule has 5 nitrogen and oxygen atoms in total. The Kier molecular flexibility index (Phi) is 7.61. The molecule has 1 rings (SSSR count). The molecule has 0 bridgehead atoms. The lowest BCUT2D eigenvalue weighted by atomic mass is 10.1. The standard InChI is InChI=1S/C16H26N2O3/c1-4-13(17)9-10-18-16(19)12-7-8-14(20-5-2)15(11-12)21-6-3/h7-8,11,13H,4-6,9-10,17H2,1-3H3,(H,18,19). The third-order valence-electron chi connectivity index (χ3n) is 3.13. The summed E-state index contributed by atoms with van der Waals surface area (Å²) in [7, 11) is 0. The quantitative estimate of drug-likeness (QED) is 0.733. The summed E-state index contributed by atoms with van der Waals surface area (Å²) in [6, 6.07) is 5.34. The Balaban J connectivity index is 2.69. The molecule has 21 heavy (non-hydrogen) atoms. The Morgan fingerprint density at radius 3 is 2.48 bits per heavy atom. The fourth-order valence-corrected chi connectivity index (χ4v) is 1.87. The van der Waals surface area contributed by atoms with Gasteiger partial charge < -0.3 is 20.5 Å². The Morgan fingerprint density at radius 1 is 1.19 bits per heavy atom. The number of carbonyl (C=O) groups excluding carboxylic acids is 1. The molecule has 3 N–H and O–H groups in total. The van der Waals surface area contributed by atoms with Crippen LogP contribution in [0.1, 0.15) is 44.0 Å². The van der Waals surface area contributed by atoms with Crippen LogP contribution in [0.5, 0.6) is 11.5 Å². The predicted octanol–water partition coefficient (Wildman–Crippen LogP) is 2.34. The molecule has 0 aliphatic heterocycles. The van der Waals surface area contributed by atoms with Crippen molar-refractivity contribution < 1.29 is 14.3 Å². The van der Waals surface area contributed by atoms with Crippen molar-refractivity contribution in [2.75, 3.05) is 19.8 Å². The SMILES string of the molecule is CCOc1ccc(C(=O)NCCC(N)CC)cc1OCC. The van der Waals surface area contributed by atoms with Crippen molar-refractivity contribution in [3.05, 3.63) is 23.8 Å². The lowest BCUT2D eigenvalue weighted by Gasteiger charge is -2.13. The second-order valence-electron chi connectivity index (χ2n) is 4.74. The first-order valence-electron chi connectivity index (χ1n) is 7.55. The maximum Gasteiger partial charge on any atom is 0.251 e. The minimum atomic E-state index is -0.123. The number of amides is 1. The van der Waals surface area contributed by atoms with Crippen LogP contribution < -0.4 is 20.5 Å². The van der Waals surface area contributed by atoms with Crippen LogP contribution in [0.3, 0.4) is 0 Å². The first-order valence-corrected chi connectivity index (χ1v) is 7.55. The highest BCUT2D eigenvalue weighted by molar-refractivity contribution is 5.94. The number of nitrogens with two attached hydrogens (primary N) is 1. The average Bonchev–Trinajstić information content (AvgIpc) is 2.49. The average molecular weight is 294 g/mol. The summed E-state index contributed by atoms with van der Waals surface area (Å²) in [4.78, 5) is 12.1. The van der Waals surface area contributed by atoms with Gasteiger partial charge in [0.2, 0.25) is 0 Å². The molecule has 5 heteroatoms. The molecule has 1 amide bonds. The third kappa shape index (κ3) is 5.63. The van der Waals surface area contributed by atoms with Crippen LogP contribution in [-0.2, 0) is 0 Å². The van der Waals surface area contributed by atoms with E-state index in [4.69, 9.17) is 15.2 Å². The van der Waals surface area contributed by atoms with Crippen LogP contribution in [0, 0.1) is 0 Å². The Hall–Kier alpha value is -1.75. The molecule has 1 unspecified atom stereocenters. The topological polar surface area (TPSA) is 73.6 Å². The summed E-state index contributed by atoms with van der Waals surface area (Å²) >= 11 is 0. The van der Waals surface area contributed by atoms with Crippen LogP contribution in [0.2, 0.25) is 0 Å². The molecule has 0 aliphatic carbocycles. The number of benzene rings is 1. The number of hydrogen-bond acceptors (Lipinski definition) is 4. The van der Waals surface area contributed by atoms with Gasteiger partial charge in [0.15, 0.2) is 11.5 Å². The molecule has 0 saturated carbocycles. The van der Waals surface area contributed by atoms with Crippen molar-refractivity contribution in [1.29, 1.82) is 0 Å². The summed E-state index contributed by atoms with van der Waals surface area (Å²) in [5.41, 5.74) is 6.39. The Labute approximate surface area is 126 Å². The van der Waals surface area contributed by atoms with Crippen LogP contribution in [0.4, 0.5) is 0 Å². The summed E-state index contributed by atoms with van der Waals surface area (Å²) in [6.07, 6.45) is 1.69.